The van der Waals surface area contributed by atoms with Gasteiger partial charge >= 0.3 is 6.18 Å². The van der Waals surface area contributed by atoms with Crippen molar-refractivity contribution < 1.29 is 31.1 Å². The van der Waals surface area contributed by atoms with Crippen LogP contribution in [0.15, 0.2) is 77.8 Å². The van der Waals surface area contributed by atoms with E-state index in [1.807, 2.05) is 18.2 Å². The highest BCUT2D eigenvalue weighted by atomic mass is 32.2. The molecule has 1 aliphatic heterocycles. The molecule has 1 fully saturated rings. The fourth-order valence-electron chi connectivity index (χ4n) is 4.40. The number of carbonyl (C=O) groups excluding carboxylic acids is 1. The van der Waals surface area contributed by atoms with Crippen molar-refractivity contribution in [1.82, 2.24) is 15.2 Å². The number of alkyl halides is 3. The van der Waals surface area contributed by atoms with Crippen LogP contribution in [0.5, 0.6) is 11.5 Å². The number of benzene rings is 2. The summed E-state index contributed by atoms with van der Waals surface area (Å²) in [5, 5.41) is 2.52. The van der Waals surface area contributed by atoms with Gasteiger partial charge in [0.25, 0.3) is 0 Å². The van der Waals surface area contributed by atoms with Crippen LogP contribution in [0.3, 0.4) is 0 Å². The van der Waals surface area contributed by atoms with Gasteiger partial charge in [-0.1, -0.05) is 6.07 Å². The Morgan fingerprint density at radius 3 is 2.11 bits per heavy atom. The summed E-state index contributed by atoms with van der Waals surface area (Å²) < 4.78 is 69.7. The minimum absolute atomic E-state index is 0.0333. The normalized spacial score (nSPS) is 16.2. The number of halogens is 3. The van der Waals surface area contributed by atoms with Crippen molar-refractivity contribution in [1.29, 1.82) is 0 Å². The number of carbonyl (C=O) groups is 1. The lowest BCUT2D eigenvalue weighted by Gasteiger charge is -2.39. The highest BCUT2D eigenvalue weighted by molar-refractivity contribution is 7.93. The molecule has 0 saturated carbocycles. The first-order chi connectivity index (χ1) is 17.5. The van der Waals surface area contributed by atoms with Gasteiger partial charge in [0, 0.05) is 32.9 Å². The van der Waals surface area contributed by atoms with Crippen molar-refractivity contribution >= 4 is 15.7 Å². The lowest BCUT2D eigenvalue weighted by molar-refractivity contribution is -0.137. The Balaban J connectivity index is 1.50. The Bertz CT molecular complexity index is 1320. The second-order valence-electron chi connectivity index (χ2n) is 8.77. The Kier molecular flexibility index (Phi) is 7.56. The summed E-state index contributed by atoms with van der Waals surface area (Å²) in [5.41, 5.74) is 0.0632. The van der Waals surface area contributed by atoms with Gasteiger partial charge in [0.2, 0.25) is 5.91 Å². The number of aromatic nitrogens is 1. The van der Waals surface area contributed by atoms with Gasteiger partial charge in [-0.3, -0.25) is 14.7 Å². The number of ether oxygens (including phenoxy) is 1. The third-order valence-electron chi connectivity index (χ3n) is 6.48. The van der Waals surface area contributed by atoms with Gasteiger partial charge in [-0.15, -0.1) is 0 Å². The highest BCUT2D eigenvalue weighted by Crippen LogP contribution is 2.37. The number of sulfone groups is 1. The van der Waals surface area contributed by atoms with Gasteiger partial charge < -0.3 is 10.1 Å². The molecule has 1 aromatic heterocycles. The number of amides is 1. The number of nitrogens with one attached hydrogen (secondary N) is 1. The number of piperidine rings is 1. The van der Waals surface area contributed by atoms with Crippen molar-refractivity contribution in [3.05, 3.63) is 84.2 Å². The topological polar surface area (TPSA) is 88.6 Å². The van der Waals surface area contributed by atoms with E-state index in [0.717, 1.165) is 17.8 Å². The molecule has 196 valence electrons. The van der Waals surface area contributed by atoms with E-state index in [0.29, 0.717) is 19.6 Å². The molecule has 0 atom stereocenters. The molecule has 2 aromatic carbocycles. The maximum Gasteiger partial charge on any atom is 0.416 e. The molecule has 1 aliphatic rings. The van der Waals surface area contributed by atoms with Crippen molar-refractivity contribution in [2.75, 3.05) is 20.1 Å². The summed E-state index contributed by atoms with van der Waals surface area (Å²) in [6.45, 7) is 1.36. The molecule has 1 saturated heterocycles. The van der Waals surface area contributed by atoms with E-state index in [2.05, 4.69) is 15.2 Å². The fourth-order valence-corrected chi connectivity index (χ4v) is 6.41. The largest absolute Gasteiger partial charge is 0.457 e. The molecule has 1 amide bonds. The number of likely N-dealkylation sites (tertiary alicyclic amines) is 1. The Hall–Kier alpha value is -3.44. The molecule has 0 bridgehead atoms. The van der Waals surface area contributed by atoms with Gasteiger partial charge in [-0.05, 0) is 73.5 Å². The van der Waals surface area contributed by atoms with Crippen LogP contribution >= 0.6 is 0 Å². The zero-order valence-corrected chi connectivity index (χ0v) is 20.8. The summed E-state index contributed by atoms with van der Waals surface area (Å²) >= 11 is 0. The first kappa shape index (κ1) is 26.6. The van der Waals surface area contributed by atoms with Gasteiger partial charge in [0.1, 0.15) is 11.5 Å². The highest BCUT2D eigenvalue weighted by Gasteiger charge is 2.52. The SMILES string of the molecule is CNC(=O)C1(S(=O)(=O)c2ccc(Oc3ccc(C(F)(F)F)cc3)cc2)CCN(Cc2ccccn2)CC1. The van der Waals surface area contributed by atoms with Crippen LogP contribution in [0.1, 0.15) is 24.1 Å². The molecule has 11 heteroatoms. The fraction of sp³-hybridized carbons (Fsp3) is 0.308. The second kappa shape index (κ2) is 10.5. The number of hydrogen-bond donors (Lipinski definition) is 1. The third-order valence-corrected chi connectivity index (χ3v) is 9.00. The molecule has 0 radical (unpaired) electrons. The summed E-state index contributed by atoms with van der Waals surface area (Å²) in [4.78, 5) is 19.3. The average Bonchev–Trinajstić information content (AvgIpc) is 2.89. The minimum atomic E-state index is -4.45. The lowest BCUT2D eigenvalue weighted by atomic mass is 9.94. The van der Waals surface area contributed by atoms with Crippen molar-refractivity contribution in [3.63, 3.8) is 0 Å². The average molecular weight is 534 g/mol. The number of rotatable bonds is 7. The van der Waals surface area contributed by atoms with Crippen LogP contribution in [0, 0.1) is 0 Å². The molecule has 0 spiro atoms. The maximum atomic E-state index is 13.7. The quantitative estimate of drug-likeness (QED) is 0.483. The molecular formula is C26H26F3N3O4S. The minimum Gasteiger partial charge on any atom is -0.457 e. The van der Waals surface area contributed by atoms with Crippen LogP contribution in [0.4, 0.5) is 13.2 Å². The van der Waals surface area contributed by atoms with Crippen LogP contribution in [-0.4, -0.2) is 49.1 Å². The van der Waals surface area contributed by atoms with Crippen molar-refractivity contribution in [2.24, 2.45) is 0 Å². The molecule has 3 aromatic rings. The summed E-state index contributed by atoms with van der Waals surface area (Å²) in [5.74, 6) is -0.140. The maximum absolute atomic E-state index is 13.7. The van der Waals surface area contributed by atoms with E-state index in [-0.39, 0.29) is 29.2 Å². The smallest absolute Gasteiger partial charge is 0.416 e. The van der Waals surface area contributed by atoms with Gasteiger partial charge in [-0.2, -0.15) is 13.2 Å². The molecular weight excluding hydrogens is 507 g/mol. The first-order valence-corrected chi connectivity index (χ1v) is 13.1. The van der Waals surface area contributed by atoms with E-state index in [1.165, 1.54) is 43.4 Å². The summed E-state index contributed by atoms with van der Waals surface area (Å²) in [6, 6.07) is 15.3. The predicted octanol–water partition coefficient (Wildman–Crippen LogP) is 4.45. The predicted molar refractivity (Wildman–Crippen MR) is 131 cm³/mol. The Morgan fingerprint density at radius 2 is 1.59 bits per heavy atom. The Morgan fingerprint density at radius 1 is 1.00 bits per heavy atom. The van der Waals surface area contributed by atoms with Crippen LogP contribution < -0.4 is 10.1 Å². The standard InChI is InChI=1S/C26H26F3N3O4S/c1-30-24(33)25(13-16-32(17-14-25)18-20-4-2-3-15-31-20)37(34,35)23-11-9-22(10-12-23)36-21-7-5-19(6-8-21)26(27,28)29/h2-12,15H,13-14,16-18H2,1H3,(H,30,33). The van der Waals surface area contributed by atoms with E-state index in [9.17, 15) is 26.4 Å². The monoisotopic (exact) mass is 533 g/mol. The second-order valence-corrected chi connectivity index (χ2v) is 11.0. The third kappa shape index (κ3) is 5.62. The number of pyridine rings is 1. The van der Waals surface area contributed by atoms with Gasteiger partial charge in [0.05, 0.1) is 16.2 Å². The molecule has 2 heterocycles. The Labute approximate surface area is 213 Å². The zero-order valence-electron chi connectivity index (χ0n) is 20.0. The van der Waals surface area contributed by atoms with Crippen LogP contribution in [0.2, 0.25) is 0 Å². The molecule has 7 nitrogen and oxygen atoms in total. The van der Waals surface area contributed by atoms with Crippen molar-refractivity contribution in [2.45, 2.75) is 35.2 Å². The summed E-state index contributed by atoms with van der Waals surface area (Å²) in [6.07, 6.45) is -2.52. The number of hydrogen-bond acceptors (Lipinski definition) is 6. The molecule has 37 heavy (non-hydrogen) atoms. The first-order valence-electron chi connectivity index (χ1n) is 11.6. The van der Waals surface area contributed by atoms with E-state index in [4.69, 9.17) is 4.74 Å². The zero-order chi connectivity index (χ0) is 26.7. The van der Waals surface area contributed by atoms with Crippen LogP contribution in [-0.2, 0) is 27.4 Å². The molecule has 1 N–H and O–H groups in total. The summed E-state index contributed by atoms with van der Waals surface area (Å²) in [7, 11) is -2.66. The van der Waals surface area contributed by atoms with Crippen LogP contribution in [0.25, 0.3) is 0 Å². The number of nitrogens with zero attached hydrogens (tertiary/aromatic N) is 2. The molecule has 0 aliphatic carbocycles. The lowest BCUT2D eigenvalue weighted by Crippen LogP contribution is -2.57. The molecule has 4 rings (SSSR count). The van der Waals surface area contributed by atoms with Gasteiger partial charge in [0.15, 0.2) is 14.6 Å². The van der Waals surface area contributed by atoms with Gasteiger partial charge in [-0.25, -0.2) is 8.42 Å². The van der Waals surface area contributed by atoms with Crippen molar-refractivity contribution in [3.8, 4) is 11.5 Å². The molecule has 0 unspecified atom stereocenters. The van der Waals surface area contributed by atoms with E-state index >= 15 is 0 Å². The van der Waals surface area contributed by atoms with E-state index in [1.54, 1.807) is 6.20 Å². The van der Waals surface area contributed by atoms with E-state index < -0.39 is 32.2 Å².